The molecule has 1 aromatic carbocycles. The first kappa shape index (κ1) is 10.4. The van der Waals surface area contributed by atoms with E-state index in [0.29, 0.717) is 12.8 Å². The normalized spacial score (nSPS) is 19.1. The maximum absolute atomic E-state index is 13.2. The van der Waals surface area contributed by atoms with Gasteiger partial charge in [-0.3, -0.25) is 0 Å². The van der Waals surface area contributed by atoms with Crippen LogP contribution in [0.15, 0.2) is 18.2 Å². The molecule has 0 fully saturated rings. The van der Waals surface area contributed by atoms with Gasteiger partial charge in [-0.1, -0.05) is 6.07 Å². The second-order valence-corrected chi connectivity index (χ2v) is 4.09. The van der Waals surface area contributed by atoms with E-state index in [-0.39, 0.29) is 12.8 Å². The lowest BCUT2D eigenvalue weighted by Gasteiger charge is -2.11. The van der Waals surface area contributed by atoms with Crippen LogP contribution in [0.2, 0.25) is 0 Å². The van der Waals surface area contributed by atoms with Gasteiger partial charge in [-0.25, -0.2) is 8.78 Å². The van der Waals surface area contributed by atoms with Crippen molar-refractivity contribution in [3.8, 4) is 0 Å². The van der Waals surface area contributed by atoms with Crippen molar-refractivity contribution < 1.29 is 8.78 Å². The van der Waals surface area contributed by atoms with Gasteiger partial charge in [0.1, 0.15) is 0 Å². The van der Waals surface area contributed by atoms with Crippen LogP contribution >= 0.6 is 0 Å². The van der Waals surface area contributed by atoms with Crippen molar-refractivity contribution in [2.45, 2.75) is 31.6 Å². The molecule has 1 aliphatic rings. The number of fused-ring (bicyclic) bond motifs is 1. The van der Waals surface area contributed by atoms with E-state index < -0.39 is 5.92 Å². The van der Waals surface area contributed by atoms with Crippen molar-refractivity contribution in [1.82, 2.24) is 0 Å². The molecule has 0 saturated carbocycles. The molecule has 0 atom stereocenters. The molecule has 1 nitrogen and oxygen atoms in total. The van der Waals surface area contributed by atoms with Gasteiger partial charge in [-0.15, -0.1) is 0 Å². The third kappa shape index (κ3) is 2.28. The van der Waals surface area contributed by atoms with Crippen molar-refractivity contribution in [3.05, 3.63) is 29.3 Å². The maximum Gasteiger partial charge on any atom is 0.248 e. The van der Waals surface area contributed by atoms with Gasteiger partial charge in [-0.05, 0) is 36.1 Å². The molecular formula is C12H15F2N. The summed E-state index contributed by atoms with van der Waals surface area (Å²) in [4.78, 5) is 0. The molecule has 82 valence electrons. The average Bonchev–Trinajstić information content (AvgIpc) is 2.38. The van der Waals surface area contributed by atoms with Gasteiger partial charge in [-0.2, -0.15) is 0 Å². The van der Waals surface area contributed by atoms with Gasteiger partial charge in [0.25, 0.3) is 0 Å². The molecule has 0 saturated heterocycles. The Kier molecular flexibility index (Phi) is 2.63. The standard InChI is InChI=1S/C12H15F2N/c1-15-11-3-2-9-4-6-12(13,14)7-5-10(9)8-11/h2-3,8,15H,4-7H2,1H3. The third-order valence-electron chi connectivity index (χ3n) is 3.02. The Morgan fingerprint density at radius 2 is 1.80 bits per heavy atom. The molecule has 1 aromatic rings. The number of rotatable bonds is 1. The highest BCUT2D eigenvalue weighted by molar-refractivity contribution is 5.48. The molecule has 0 amide bonds. The van der Waals surface area contributed by atoms with Crippen molar-refractivity contribution >= 4 is 5.69 Å². The van der Waals surface area contributed by atoms with Gasteiger partial charge >= 0.3 is 0 Å². The van der Waals surface area contributed by atoms with Crippen molar-refractivity contribution in [3.63, 3.8) is 0 Å². The zero-order chi connectivity index (χ0) is 10.9. The quantitative estimate of drug-likeness (QED) is 0.703. The Morgan fingerprint density at radius 3 is 2.47 bits per heavy atom. The SMILES string of the molecule is CNc1ccc2c(c1)CCC(F)(F)CC2. The van der Waals surface area contributed by atoms with Gasteiger partial charge < -0.3 is 5.32 Å². The third-order valence-corrected chi connectivity index (χ3v) is 3.02. The highest BCUT2D eigenvalue weighted by Crippen LogP contribution is 2.32. The Hall–Kier alpha value is -1.12. The van der Waals surface area contributed by atoms with Crippen LogP contribution in [0.25, 0.3) is 0 Å². The van der Waals surface area contributed by atoms with Crippen LogP contribution in [0.3, 0.4) is 0 Å². The van der Waals surface area contributed by atoms with E-state index in [1.54, 1.807) is 0 Å². The van der Waals surface area contributed by atoms with Crippen LogP contribution in [-0.4, -0.2) is 13.0 Å². The number of hydrogen-bond acceptors (Lipinski definition) is 1. The minimum atomic E-state index is -2.49. The van der Waals surface area contributed by atoms with Gasteiger partial charge in [0.15, 0.2) is 0 Å². The number of alkyl halides is 2. The first-order chi connectivity index (χ1) is 7.11. The summed E-state index contributed by atoms with van der Waals surface area (Å²) in [5, 5.41) is 3.03. The molecule has 2 rings (SSSR count). The van der Waals surface area contributed by atoms with Crippen LogP contribution in [-0.2, 0) is 12.8 Å². The summed E-state index contributed by atoms with van der Waals surface area (Å²) in [6, 6.07) is 5.89. The van der Waals surface area contributed by atoms with Crippen LogP contribution in [0.1, 0.15) is 24.0 Å². The van der Waals surface area contributed by atoms with Crippen LogP contribution in [0, 0.1) is 0 Å². The summed E-state index contributed by atoms with van der Waals surface area (Å²) in [6.45, 7) is 0. The van der Waals surface area contributed by atoms with Crippen LogP contribution in [0.4, 0.5) is 14.5 Å². The van der Waals surface area contributed by atoms with Gasteiger partial charge in [0, 0.05) is 25.6 Å². The number of benzene rings is 1. The molecule has 0 bridgehead atoms. The summed E-state index contributed by atoms with van der Waals surface area (Å²) in [6.07, 6.45) is 0.941. The van der Waals surface area contributed by atoms with Crippen molar-refractivity contribution in [2.75, 3.05) is 12.4 Å². The van der Waals surface area contributed by atoms with Crippen LogP contribution in [0.5, 0.6) is 0 Å². The van der Waals surface area contributed by atoms with E-state index in [1.165, 1.54) is 0 Å². The number of nitrogens with one attached hydrogen (secondary N) is 1. The Bertz CT molecular complexity index is 361. The highest BCUT2D eigenvalue weighted by Gasteiger charge is 2.31. The molecular weight excluding hydrogens is 196 g/mol. The molecule has 0 aromatic heterocycles. The van der Waals surface area contributed by atoms with Crippen LogP contribution < -0.4 is 5.32 Å². The number of anilines is 1. The van der Waals surface area contributed by atoms with Gasteiger partial charge in [0.2, 0.25) is 5.92 Å². The summed E-state index contributed by atoms with van der Waals surface area (Å²) in [7, 11) is 1.84. The molecule has 0 spiro atoms. The lowest BCUT2D eigenvalue weighted by molar-refractivity contribution is -0.0130. The molecule has 3 heteroatoms. The number of halogens is 2. The first-order valence-electron chi connectivity index (χ1n) is 5.28. The maximum atomic E-state index is 13.2. The largest absolute Gasteiger partial charge is 0.388 e. The van der Waals surface area contributed by atoms with E-state index in [1.807, 2.05) is 25.2 Å². The molecule has 0 unspecified atom stereocenters. The molecule has 15 heavy (non-hydrogen) atoms. The monoisotopic (exact) mass is 211 g/mol. The minimum absolute atomic E-state index is 0.0150. The number of aryl methyl sites for hydroxylation is 2. The molecule has 0 heterocycles. The molecule has 0 aliphatic heterocycles. The van der Waals surface area contributed by atoms with Gasteiger partial charge in [0.05, 0.1) is 0 Å². The minimum Gasteiger partial charge on any atom is -0.388 e. The zero-order valence-corrected chi connectivity index (χ0v) is 8.82. The van der Waals surface area contributed by atoms with Crippen molar-refractivity contribution in [2.24, 2.45) is 0 Å². The van der Waals surface area contributed by atoms with E-state index in [9.17, 15) is 8.78 Å². The lowest BCUT2D eigenvalue weighted by Crippen LogP contribution is -2.15. The van der Waals surface area contributed by atoms with E-state index in [4.69, 9.17) is 0 Å². The van der Waals surface area contributed by atoms with E-state index in [2.05, 4.69) is 5.32 Å². The zero-order valence-electron chi connectivity index (χ0n) is 8.82. The summed E-state index contributed by atoms with van der Waals surface area (Å²) >= 11 is 0. The summed E-state index contributed by atoms with van der Waals surface area (Å²) < 4.78 is 26.4. The van der Waals surface area contributed by atoms with E-state index >= 15 is 0 Å². The smallest absolute Gasteiger partial charge is 0.248 e. The fourth-order valence-corrected chi connectivity index (χ4v) is 2.02. The second kappa shape index (κ2) is 3.80. The molecule has 1 N–H and O–H groups in total. The fourth-order valence-electron chi connectivity index (χ4n) is 2.02. The molecule has 0 radical (unpaired) electrons. The van der Waals surface area contributed by atoms with E-state index in [0.717, 1.165) is 16.8 Å². The topological polar surface area (TPSA) is 12.0 Å². The number of hydrogen-bond donors (Lipinski definition) is 1. The second-order valence-electron chi connectivity index (χ2n) is 4.09. The summed E-state index contributed by atoms with van der Waals surface area (Å²) in [5.41, 5.74) is 3.14. The lowest BCUT2D eigenvalue weighted by atomic mass is 10.0. The first-order valence-corrected chi connectivity index (χ1v) is 5.28. The highest BCUT2D eigenvalue weighted by atomic mass is 19.3. The predicted molar refractivity (Wildman–Crippen MR) is 57.6 cm³/mol. The van der Waals surface area contributed by atoms with Crippen molar-refractivity contribution in [1.29, 1.82) is 0 Å². The predicted octanol–water partition coefficient (Wildman–Crippen LogP) is 3.24. The summed E-state index contributed by atoms with van der Waals surface area (Å²) in [5.74, 6) is -2.49. The fraction of sp³-hybridized carbons (Fsp3) is 0.500. The Morgan fingerprint density at radius 1 is 1.13 bits per heavy atom. The average molecular weight is 211 g/mol. The molecule has 1 aliphatic carbocycles. The Balaban J connectivity index is 2.27. The Labute approximate surface area is 88.5 Å².